The van der Waals surface area contributed by atoms with E-state index in [9.17, 15) is 0 Å². The van der Waals surface area contributed by atoms with Crippen LogP contribution < -0.4 is 5.48 Å². The van der Waals surface area contributed by atoms with E-state index in [4.69, 9.17) is 16.0 Å². The van der Waals surface area contributed by atoms with Crippen molar-refractivity contribution < 1.29 is 9.57 Å². The molecule has 0 bridgehead atoms. The maximum Gasteiger partial charge on any atom is 0.177 e. The normalized spacial score (nSPS) is 18.7. The number of nitrogens with one attached hydrogen (secondary N) is 1. The van der Waals surface area contributed by atoms with Crippen molar-refractivity contribution in [2.24, 2.45) is 0 Å². The number of ether oxygens (including phenoxy) is 1. The summed E-state index contributed by atoms with van der Waals surface area (Å²) >= 11 is 1.67. The summed E-state index contributed by atoms with van der Waals surface area (Å²) in [6.45, 7) is 1.44. The van der Waals surface area contributed by atoms with Crippen LogP contribution in [0, 0.1) is 12.3 Å². The van der Waals surface area contributed by atoms with E-state index >= 15 is 0 Å². The van der Waals surface area contributed by atoms with E-state index in [0.717, 1.165) is 19.4 Å². The average Bonchev–Trinajstić information content (AvgIpc) is 2.54. The molecule has 1 aromatic carbocycles. The van der Waals surface area contributed by atoms with Crippen molar-refractivity contribution >= 4 is 17.8 Å². The minimum Gasteiger partial charge on any atom is -0.351 e. The van der Waals surface area contributed by atoms with Crippen LogP contribution in [0.5, 0.6) is 0 Å². The van der Waals surface area contributed by atoms with Gasteiger partial charge >= 0.3 is 0 Å². The average molecular weight is 303 g/mol. The number of hydrogen-bond donors (Lipinski definition) is 1. The molecule has 112 valence electrons. The van der Waals surface area contributed by atoms with Crippen LogP contribution in [0.4, 0.5) is 0 Å². The van der Waals surface area contributed by atoms with E-state index in [0.29, 0.717) is 12.3 Å². The SMILES string of the molecule is C#CCSc1ccccc1/C=C/CNOC1CCCCO1. The second-order valence-corrected chi connectivity index (χ2v) is 5.71. The fourth-order valence-corrected chi connectivity index (χ4v) is 2.76. The van der Waals surface area contributed by atoms with E-state index in [-0.39, 0.29) is 6.29 Å². The highest BCUT2D eigenvalue weighted by Gasteiger charge is 2.13. The fourth-order valence-electron chi connectivity index (χ4n) is 2.05. The van der Waals surface area contributed by atoms with E-state index in [1.54, 1.807) is 11.8 Å². The molecule has 1 aromatic rings. The highest BCUT2D eigenvalue weighted by atomic mass is 32.2. The Bertz CT molecular complexity index is 490. The summed E-state index contributed by atoms with van der Waals surface area (Å²) in [6.07, 6.45) is 12.6. The zero-order chi connectivity index (χ0) is 14.8. The molecule has 1 atom stereocenters. The van der Waals surface area contributed by atoms with Gasteiger partial charge in [-0.3, -0.25) is 4.84 Å². The number of benzene rings is 1. The minimum atomic E-state index is -0.106. The summed E-state index contributed by atoms with van der Waals surface area (Å²) in [7, 11) is 0. The fraction of sp³-hybridized carbons (Fsp3) is 0.412. The predicted octanol–water partition coefficient (Wildman–Crippen LogP) is 3.47. The molecule has 1 N–H and O–H groups in total. The molecule has 3 nitrogen and oxygen atoms in total. The van der Waals surface area contributed by atoms with Gasteiger partial charge in [-0.15, -0.1) is 18.2 Å². The molecule has 1 aliphatic rings. The molecule has 0 spiro atoms. The van der Waals surface area contributed by atoms with Gasteiger partial charge in [0.2, 0.25) is 0 Å². The third-order valence-electron chi connectivity index (χ3n) is 3.08. The first-order valence-electron chi connectivity index (χ1n) is 7.22. The Morgan fingerprint density at radius 3 is 3.14 bits per heavy atom. The molecule has 0 amide bonds. The quantitative estimate of drug-likeness (QED) is 0.362. The highest BCUT2D eigenvalue weighted by molar-refractivity contribution is 7.99. The molecular formula is C17H21NO2S. The summed E-state index contributed by atoms with van der Waals surface area (Å²) in [4.78, 5) is 6.66. The first-order chi connectivity index (χ1) is 10.4. The van der Waals surface area contributed by atoms with Crippen LogP contribution in [0.3, 0.4) is 0 Å². The highest BCUT2D eigenvalue weighted by Crippen LogP contribution is 2.23. The third kappa shape index (κ3) is 5.94. The van der Waals surface area contributed by atoms with Crippen LogP contribution >= 0.6 is 11.8 Å². The van der Waals surface area contributed by atoms with Crippen molar-refractivity contribution in [3.8, 4) is 12.3 Å². The lowest BCUT2D eigenvalue weighted by Crippen LogP contribution is -2.29. The smallest absolute Gasteiger partial charge is 0.177 e. The predicted molar refractivity (Wildman–Crippen MR) is 87.7 cm³/mol. The van der Waals surface area contributed by atoms with Crippen LogP contribution in [0.25, 0.3) is 6.08 Å². The summed E-state index contributed by atoms with van der Waals surface area (Å²) in [5.41, 5.74) is 4.11. The Kier molecular flexibility index (Phi) is 7.41. The lowest BCUT2D eigenvalue weighted by molar-refractivity contribution is -0.194. The van der Waals surface area contributed by atoms with Crippen molar-refractivity contribution in [1.82, 2.24) is 5.48 Å². The molecule has 1 unspecified atom stereocenters. The van der Waals surface area contributed by atoms with Crippen molar-refractivity contribution in [1.29, 1.82) is 0 Å². The molecule has 4 heteroatoms. The van der Waals surface area contributed by atoms with Gasteiger partial charge in [-0.1, -0.05) is 36.3 Å². The monoisotopic (exact) mass is 303 g/mol. The third-order valence-corrected chi connectivity index (χ3v) is 4.08. The van der Waals surface area contributed by atoms with Gasteiger partial charge in [-0.2, -0.15) is 5.48 Å². The first kappa shape index (κ1) is 16.1. The lowest BCUT2D eigenvalue weighted by atomic mass is 10.2. The second-order valence-electron chi connectivity index (χ2n) is 4.70. The van der Waals surface area contributed by atoms with Gasteiger partial charge in [0.25, 0.3) is 0 Å². The molecule has 21 heavy (non-hydrogen) atoms. The largest absolute Gasteiger partial charge is 0.351 e. The van der Waals surface area contributed by atoms with Crippen LogP contribution in [0.15, 0.2) is 35.2 Å². The molecule has 2 rings (SSSR count). The molecule has 0 saturated carbocycles. The van der Waals surface area contributed by atoms with Crippen molar-refractivity contribution in [2.75, 3.05) is 18.9 Å². The van der Waals surface area contributed by atoms with Crippen molar-refractivity contribution in [2.45, 2.75) is 30.4 Å². The molecule has 1 aliphatic heterocycles. The first-order valence-corrected chi connectivity index (χ1v) is 8.20. The Balaban J connectivity index is 1.74. The maximum atomic E-state index is 5.48. The van der Waals surface area contributed by atoms with Crippen LogP contribution in [0.1, 0.15) is 24.8 Å². The summed E-state index contributed by atoms with van der Waals surface area (Å²) in [5, 5.41) is 0. The molecule has 1 fully saturated rings. The molecule has 1 heterocycles. The summed E-state index contributed by atoms with van der Waals surface area (Å²) < 4.78 is 5.48. The molecule has 0 aromatic heterocycles. The van der Waals surface area contributed by atoms with Gasteiger partial charge in [0.1, 0.15) is 0 Å². The van der Waals surface area contributed by atoms with Gasteiger partial charge in [0.05, 0.1) is 5.75 Å². The standard InChI is InChI=1S/C17H21NO2S/c1-2-14-21-16-10-4-3-8-15(16)9-7-12-18-20-17-11-5-6-13-19-17/h1,3-4,7-10,17-18H,5-6,11-14H2/b9-7+. The molecule has 0 radical (unpaired) electrons. The van der Waals surface area contributed by atoms with Crippen molar-refractivity contribution in [3.63, 3.8) is 0 Å². The summed E-state index contributed by atoms with van der Waals surface area (Å²) in [6, 6.07) is 8.22. The number of hydroxylamine groups is 1. The van der Waals surface area contributed by atoms with Gasteiger partial charge in [0, 0.05) is 24.5 Å². The minimum absolute atomic E-state index is 0.106. The number of rotatable bonds is 7. The Morgan fingerprint density at radius 1 is 1.43 bits per heavy atom. The number of hydrogen-bond acceptors (Lipinski definition) is 4. The van der Waals surface area contributed by atoms with Crippen LogP contribution in [-0.4, -0.2) is 25.2 Å². The van der Waals surface area contributed by atoms with E-state index < -0.39 is 0 Å². The van der Waals surface area contributed by atoms with Gasteiger partial charge in [-0.25, -0.2) is 0 Å². The topological polar surface area (TPSA) is 30.5 Å². The lowest BCUT2D eigenvalue weighted by Gasteiger charge is -2.21. The van der Waals surface area contributed by atoms with Gasteiger partial charge in [-0.05, 0) is 24.5 Å². The molecule has 0 aliphatic carbocycles. The summed E-state index contributed by atoms with van der Waals surface area (Å²) in [5.74, 6) is 3.33. The molecular weight excluding hydrogens is 282 g/mol. The van der Waals surface area contributed by atoms with Gasteiger partial charge < -0.3 is 4.74 Å². The number of thioether (sulfide) groups is 1. The maximum absolute atomic E-state index is 5.48. The van der Waals surface area contributed by atoms with E-state index in [1.807, 2.05) is 18.2 Å². The van der Waals surface area contributed by atoms with E-state index in [1.165, 1.54) is 16.9 Å². The molecule has 1 saturated heterocycles. The zero-order valence-electron chi connectivity index (χ0n) is 12.1. The van der Waals surface area contributed by atoms with Crippen LogP contribution in [-0.2, 0) is 9.57 Å². The Hall–Kier alpha value is -1.25. The van der Waals surface area contributed by atoms with Crippen LogP contribution in [0.2, 0.25) is 0 Å². The van der Waals surface area contributed by atoms with Gasteiger partial charge in [0.15, 0.2) is 6.29 Å². The number of terminal acetylenes is 1. The van der Waals surface area contributed by atoms with E-state index in [2.05, 4.69) is 29.6 Å². The Morgan fingerprint density at radius 2 is 2.33 bits per heavy atom. The Labute approximate surface area is 131 Å². The second kappa shape index (κ2) is 9.64. The van der Waals surface area contributed by atoms with Crippen molar-refractivity contribution in [3.05, 3.63) is 35.9 Å². The zero-order valence-corrected chi connectivity index (χ0v) is 12.9.